The molecule has 0 radical (unpaired) electrons. The zero-order valence-corrected chi connectivity index (χ0v) is 14.7. The van der Waals surface area contributed by atoms with Gasteiger partial charge in [-0.05, 0) is 37.6 Å². The maximum Gasteiger partial charge on any atom is 0.255 e. The van der Waals surface area contributed by atoms with Crippen LogP contribution in [-0.2, 0) is 0 Å². The van der Waals surface area contributed by atoms with Crippen molar-refractivity contribution in [2.45, 2.75) is 19.9 Å². The number of nitrogen functional groups attached to an aromatic ring is 1. The number of nitrogens with two attached hydrogens (primary N) is 1. The summed E-state index contributed by atoms with van der Waals surface area (Å²) in [6, 6.07) is 10.6. The number of rotatable bonds is 6. The van der Waals surface area contributed by atoms with Gasteiger partial charge in [-0.15, -0.1) is 0 Å². The fourth-order valence-corrected chi connectivity index (χ4v) is 2.35. The number of carbonyl (C=O) groups is 1. The Labute approximate surface area is 146 Å². The van der Waals surface area contributed by atoms with Crippen LogP contribution in [-0.4, -0.2) is 25.7 Å². The van der Waals surface area contributed by atoms with E-state index in [2.05, 4.69) is 5.32 Å². The van der Waals surface area contributed by atoms with E-state index in [1.165, 1.54) is 19.2 Å². The van der Waals surface area contributed by atoms with Gasteiger partial charge in [-0.25, -0.2) is 0 Å². The van der Waals surface area contributed by atoms with Crippen LogP contribution in [0.15, 0.2) is 36.4 Å². The highest BCUT2D eigenvalue weighted by Crippen LogP contribution is 2.28. The van der Waals surface area contributed by atoms with Gasteiger partial charge in [-0.3, -0.25) is 4.79 Å². The zero-order valence-electron chi connectivity index (χ0n) is 13.9. The summed E-state index contributed by atoms with van der Waals surface area (Å²) in [6.45, 7) is 4.20. The predicted molar refractivity (Wildman–Crippen MR) is 96.0 cm³/mol. The monoisotopic (exact) mass is 348 g/mol. The molecule has 2 rings (SSSR count). The summed E-state index contributed by atoms with van der Waals surface area (Å²) < 4.78 is 10.9. The summed E-state index contributed by atoms with van der Waals surface area (Å²) in [6.07, 6.45) is 0. The van der Waals surface area contributed by atoms with Gasteiger partial charge in [-0.1, -0.05) is 23.7 Å². The van der Waals surface area contributed by atoms with E-state index >= 15 is 0 Å². The van der Waals surface area contributed by atoms with Crippen molar-refractivity contribution >= 4 is 23.2 Å². The number of benzene rings is 2. The highest BCUT2D eigenvalue weighted by atomic mass is 35.5. The third-order valence-corrected chi connectivity index (χ3v) is 3.76. The molecule has 0 aromatic heterocycles. The SMILES string of the molecule is COc1cc(N)c(Cl)cc1C(=O)NC(C)COc1cccc(C)c1. The summed E-state index contributed by atoms with van der Waals surface area (Å²) in [5, 5.41) is 3.17. The van der Waals surface area contributed by atoms with Crippen LogP contribution >= 0.6 is 11.6 Å². The highest BCUT2D eigenvalue weighted by Gasteiger charge is 2.17. The minimum absolute atomic E-state index is 0.195. The van der Waals surface area contributed by atoms with Gasteiger partial charge >= 0.3 is 0 Å². The average molecular weight is 349 g/mol. The molecule has 6 heteroatoms. The molecule has 3 N–H and O–H groups in total. The van der Waals surface area contributed by atoms with Crippen molar-refractivity contribution < 1.29 is 14.3 Å². The molecular weight excluding hydrogens is 328 g/mol. The lowest BCUT2D eigenvalue weighted by atomic mass is 10.1. The molecule has 2 aromatic rings. The van der Waals surface area contributed by atoms with Crippen molar-refractivity contribution in [3.63, 3.8) is 0 Å². The number of carbonyl (C=O) groups excluding carboxylic acids is 1. The van der Waals surface area contributed by atoms with Crippen molar-refractivity contribution in [3.05, 3.63) is 52.5 Å². The summed E-state index contributed by atoms with van der Waals surface area (Å²) in [7, 11) is 1.48. The van der Waals surface area contributed by atoms with Gasteiger partial charge in [0, 0.05) is 6.07 Å². The normalized spacial score (nSPS) is 11.7. The second-order valence-electron chi connectivity index (χ2n) is 5.58. The minimum atomic E-state index is -0.297. The number of amides is 1. The van der Waals surface area contributed by atoms with Gasteiger partial charge in [0.05, 0.1) is 29.4 Å². The number of hydrogen-bond donors (Lipinski definition) is 2. The molecule has 0 aliphatic rings. The maximum absolute atomic E-state index is 12.4. The van der Waals surface area contributed by atoms with E-state index in [1.54, 1.807) is 0 Å². The lowest BCUT2D eigenvalue weighted by Gasteiger charge is -2.17. The zero-order chi connectivity index (χ0) is 17.7. The number of hydrogen-bond acceptors (Lipinski definition) is 4. The Kier molecular flexibility index (Phi) is 5.93. The van der Waals surface area contributed by atoms with Crippen LogP contribution in [0.1, 0.15) is 22.8 Å². The molecule has 1 amide bonds. The maximum atomic E-state index is 12.4. The Morgan fingerprint density at radius 1 is 1.33 bits per heavy atom. The molecule has 5 nitrogen and oxygen atoms in total. The average Bonchev–Trinajstić information content (AvgIpc) is 2.55. The van der Waals surface area contributed by atoms with Gasteiger partial charge in [0.1, 0.15) is 18.1 Å². The Bertz CT molecular complexity index is 734. The van der Waals surface area contributed by atoms with Crippen molar-refractivity contribution in [2.24, 2.45) is 0 Å². The largest absolute Gasteiger partial charge is 0.496 e. The number of methoxy groups -OCH3 is 1. The third kappa shape index (κ3) is 4.55. The van der Waals surface area contributed by atoms with E-state index < -0.39 is 0 Å². The lowest BCUT2D eigenvalue weighted by molar-refractivity contribution is 0.0923. The van der Waals surface area contributed by atoms with Gasteiger partial charge in [0.15, 0.2) is 0 Å². The van der Waals surface area contributed by atoms with Crippen LogP contribution in [0, 0.1) is 6.92 Å². The second kappa shape index (κ2) is 7.93. The molecule has 1 atom stereocenters. The molecular formula is C18H21ClN2O3. The molecule has 1 unspecified atom stereocenters. The van der Waals surface area contributed by atoms with Crippen molar-refractivity contribution in [3.8, 4) is 11.5 Å². The topological polar surface area (TPSA) is 73.6 Å². The first kappa shape index (κ1) is 17.9. The molecule has 2 aromatic carbocycles. The first-order chi connectivity index (χ1) is 11.4. The van der Waals surface area contributed by atoms with Gasteiger partial charge in [0.2, 0.25) is 0 Å². The molecule has 0 spiro atoms. The van der Waals surface area contributed by atoms with Gasteiger partial charge in [-0.2, -0.15) is 0 Å². The first-order valence-electron chi connectivity index (χ1n) is 7.54. The van der Waals surface area contributed by atoms with Crippen LogP contribution in [0.5, 0.6) is 11.5 Å². The minimum Gasteiger partial charge on any atom is -0.496 e. The Hall–Kier alpha value is -2.40. The number of aryl methyl sites for hydroxylation is 1. The molecule has 0 aliphatic carbocycles. The Balaban J connectivity index is 2.00. The number of anilines is 1. The quantitative estimate of drug-likeness (QED) is 0.784. The highest BCUT2D eigenvalue weighted by molar-refractivity contribution is 6.33. The predicted octanol–water partition coefficient (Wildman–Crippen LogP) is 3.44. The van der Waals surface area contributed by atoms with Crippen LogP contribution in [0.3, 0.4) is 0 Å². The van der Waals surface area contributed by atoms with Crippen molar-refractivity contribution in [1.29, 1.82) is 0 Å². The molecule has 0 saturated heterocycles. The molecule has 0 aliphatic heterocycles. The second-order valence-corrected chi connectivity index (χ2v) is 5.98. The Morgan fingerprint density at radius 2 is 2.08 bits per heavy atom. The van der Waals surface area contributed by atoms with E-state index in [9.17, 15) is 4.79 Å². The van der Waals surface area contributed by atoms with Crippen molar-refractivity contribution in [1.82, 2.24) is 5.32 Å². The molecule has 0 saturated carbocycles. The smallest absolute Gasteiger partial charge is 0.255 e. The van der Waals surface area contributed by atoms with Crippen LogP contribution in [0.25, 0.3) is 0 Å². The fraction of sp³-hybridized carbons (Fsp3) is 0.278. The van der Waals surface area contributed by atoms with E-state index in [-0.39, 0.29) is 11.9 Å². The molecule has 0 bridgehead atoms. The first-order valence-corrected chi connectivity index (χ1v) is 7.92. The number of ether oxygens (including phenoxy) is 2. The van der Waals surface area contributed by atoms with Gasteiger partial charge in [0.25, 0.3) is 5.91 Å². The Morgan fingerprint density at radius 3 is 2.75 bits per heavy atom. The van der Waals surface area contributed by atoms with Crippen LogP contribution in [0.2, 0.25) is 5.02 Å². The molecule has 24 heavy (non-hydrogen) atoms. The lowest BCUT2D eigenvalue weighted by Crippen LogP contribution is -2.37. The van der Waals surface area contributed by atoms with Crippen LogP contribution < -0.4 is 20.5 Å². The fourth-order valence-electron chi connectivity index (χ4n) is 2.19. The summed E-state index contributed by atoms with van der Waals surface area (Å²) in [4.78, 5) is 12.4. The van der Waals surface area contributed by atoms with Gasteiger partial charge < -0.3 is 20.5 Å². The summed E-state index contributed by atoms with van der Waals surface area (Å²) >= 11 is 5.99. The summed E-state index contributed by atoms with van der Waals surface area (Å²) in [5.74, 6) is 0.847. The van der Waals surface area contributed by atoms with Crippen molar-refractivity contribution in [2.75, 3.05) is 19.5 Å². The standard InChI is InChI=1S/C18H21ClN2O3/c1-11-5-4-6-13(7-11)24-10-12(2)21-18(22)14-8-15(19)16(20)9-17(14)23-3/h4-9,12H,10,20H2,1-3H3,(H,21,22). The van der Waals surface area contributed by atoms with Crippen LogP contribution in [0.4, 0.5) is 5.69 Å². The van der Waals surface area contributed by atoms with E-state index in [1.807, 2.05) is 38.1 Å². The molecule has 0 fully saturated rings. The third-order valence-electron chi connectivity index (χ3n) is 3.43. The van der Waals surface area contributed by atoms with E-state index in [4.69, 9.17) is 26.8 Å². The molecule has 128 valence electrons. The number of nitrogens with one attached hydrogen (secondary N) is 1. The molecule has 0 heterocycles. The summed E-state index contributed by atoms with van der Waals surface area (Å²) in [5.41, 5.74) is 7.54. The number of halogens is 1. The van der Waals surface area contributed by atoms with E-state index in [0.29, 0.717) is 28.6 Å². The van der Waals surface area contributed by atoms with E-state index in [0.717, 1.165) is 11.3 Å².